The minimum atomic E-state index is -0.517. The highest BCUT2D eigenvalue weighted by Gasteiger charge is 2.13. The van der Waals surface area contributed by atoms with Crippen molar-refractivity contribution < 1.29 is 4.92 Å². The number of benzene rings is 1. The molecule has 0 spiro atoms. The standard InChI is InChI=1S/C14H9N7O3/c1-8-15-14-17-16-12-11(20(14)18-8)5-6-19(13(12)22)9-3-2-4-10(7-9)21(23)24/h2-7H,1H3. The summed E-state index contributed by atoms with van der Waals surface area (Å²) < 4.78 is 2.72. The van der Waals surface area contributed by atoms with Crippen LogP contribution in [0.4, 0.5) is 5.69 Å². The van der Waals surface area contributed by atoms with Crippen molar-refractivity contribution in [1.29, 1.82) is 0 Å². The van der Waals surface area contributed by atoms with Crippen LogP contribution in [0.5, 0.6) is 0 Å². The predicted octanol–water partition coefficient (Wildman–Crippen LogP) is 1.04. The Labute approximate surface area is 133 Å². The van der Waals surface area contributed by atoms with Gasteiger partial charge < -0.3 is 0 Å². The van der Waals surface area contributed by atoms with E-state index in [4.69, 9.17) is 0 Å². The number of nitro benzene ring substituents is 1. The van der Waals surface area contributed by atoms with Gasteiger partial charge >= 0.3 is 0 Å². The van der Waals surface area contributed by atoms with Gasteiger partial charge in [-0.15, -0.1) is 15.3 Å². The lowest BCUT2D eigenvalue weighted by Crippen LogP contribution is -2.20. The van der Waals surface area contributed by atoms with E-state index < -0.39 is 10.5 Å². The lowest BCUT2D eigenvalue weighted by atomic mass is 10.2. The fourth-order valence-electron chi connectivity index (χ4n) is 2.47. The topological polar surface area (TPSA) is 121 Å². The molecule has 0 fully saturated rings. The van der Waals surface area contributed by atoms with Crippen LogP contribution in [0, 0.1) is 17.0 Å². The maximum atomic E-state index is 12.7. The Hall–Kier alpha value is -3.69. The first kappa shape index (κ1) is 13.9. The summed E-state index contributed by atoms with van der Waals surface area (Å²) >= 11 is 0. The van der Waals surface area contributed by atoms with Gasteiger partial charge in [0.15, 0.2) is 5.52 Å². The quantitative estimate of drug-likeness (QED) is 0.399. The Kier molecular flexibility index (Phi) is 2.85. The second kappa shape index (κ2) is 4.91. The SMILES string of the molecule is Cc1nc2nnc3c(=O)n(-c4cccc([N+](=O)[O-])c4)ccc3n2n1. The molecule has 0 aliphatic carbocycles. The molecule has 3 aromatic heterocycles. The Morgan fingerprint density at radius 1 is 1.21 bits per heavy atom. The molecular formula is C14H9N7O3. The average Bonchev–Trinajstić information content (AvgIpc) is 2.96. The van der Waals surface area contributed by atoms with Crippen LogP contribution in [0.15, 0.2) is 41.3 Å². The van der Waals surface area contributed by atoms with Crippen molar-refractivity contribution in [1.82, 2.24) is 29.4 Å². The number of aryl methyl sites for hydroxylation is 1. The average molecular weight is 323 g/mol. The molecule has 0 radical (unpaired) electrons. The number of nitro groups is 1. The minimum absolute atomic E-state index is 0.0985. The molecule has 10 nitrogen and oxygen atoms in total. The van der Waals surface area contributed by atoms with E-state index >= 15 is 0 Å². The zero-order valence-electron chi connectivity index (χ0n) is 12.3. The van der Waals surface area contributed by atoms with E-state index in [1.165, 1.54) is 33.5 Å². The molecule has 0 atom stereocenters. The van der Waals surface area contributed by atoms with Crippen LogP contribution in [0.25, 0.3) is 22.5 Å². The number of non-ortho nitro benzene ring substituents is 1. The number of nitrogens with zero attached hydrogens (tertiary/aromatic N) is 7. The molecule has 0 amide bonds. The lowest BCUT2D eigenvalue weighted by Gasteiger charge is -2.06. The fourth-order valence-corrected chi connectivity index (χ4v) is 2.47. The van der Waals surface area contributed by atoms with Gasteiger partial charge in [0.25, 0.3) is 17.0 Å². The van der Waals surface area contributed by atoms with E-state index in [2.05, 4.69) is 20.3 Å². The van der Waals surface area contributed by atoms with Crippen LogP contribution < -0.4 is 5.56 Å². The van der Waals surface area contributed by atoms with Gasteiger partial charge in [-0.3, -0.25) is 19.5 Å². The van der Waals surface area contributed by atoms with Crippen molar-refractivity contribution in [2.45, 2.75) is 6.92 Å². The number of pyridine rings is 1. The zero-order chi connectivity index (χ0) is 16.8. The van der Waals surface area contributed by atoms with E-state index in [1.54, 1.807) is 19.1 Å². The predicted molar refractivity (Wildman–Crippen MR) is 83.1 cm³/mol. The first-order valence-electron chi connectivity index (χ1n) is 6.91. The van der Waals surface area contributed by atoms with Crippen molar-refractivity contribution in [3.63, 3.8) is 0 Å². The molecule has 0 bridgehead atoms. The third kappa shape index (κ3) is 2.00. The highest BCUT2D eigenvalue weighted by molar-refractivity contribution is 5.74. The van der Waals surface area contributed by atoms with Crippen LogP contribution in [-0.2, 0) is 0 Å². The molecule has 0 aliphatic rings. The summed E-state index contributed by atoms with van der Waals surface area (Å²) in [6.07, 6.45) is 1.52. The van der Waals surface area contributed by atoms with Crippen molar-refractivity contribution in [2.75, 3.05) is 0 Å². The number of fused-ring (bicyclic) bond motifs is 3. The van der Waals surface area contributed by atoms with Crippen molar-refractivity contribution in [3.05, 3.63) is 62.8 Å². The molecular weight excluding hydrogens is 314 g/mol. The minimum Gasteiger partial charge on any atom is -0.282 e. The van der Waals surface area contributed by atoms with Crippen LogP contribution in [-0.4, -0.2) is 34.3 Å². The van der Waals surface area contributed by atoms with Crippen LogP contribution in [0.1, 0.15) is 5.82 Å². The Bertz CT molecular complexity index is 1180. The number of rotatable bonds is 2. The Morgan fingerprint density at radius 2 is 2.04 bits per heavy atom. The van der Waals surface area contributed by atoms with Crippen molar-refractivity contribution in [3.8, 4) is 5.69 Å². The van der Waals surface area contributed by atoms with E-state index in [1.807, 2.05) is 0 Å². The molecule has 0 saturated heterocycles. The molecule has 4 aromatic rings. The van der Waals surface area contributed by atoms with E-state index in [0.29, 0.717) is 22.8 Å². The molecule has 118 valence electrons. The maximum absolute atomic E-state index is 12.7. The summed E-state index contributed by atoms with van der Waals surface area (Å²) in [6, 6.07) is 7.44. The van der Waals surface area contributed by atoms with Crippen molar-refractivity contribution in [2.24, 2.45) is 0 Å². The molecule has 0 N–H and O–H groups in total. The van der Waals surface area contributed by atoms with Gasteiger partial charge in [-0.25, -0.2) is 0 Å². The van der Waals surface area contributed by atoms with Gasteiger partial charge in [0.1, 0.15) is 11.3 Å². The molecule has 1 aromatic carbocycles. The summed E-state index contributed by atoms with van der Waals surface area (Å²) in [5, 5.41) is 22.9. The van der Waals surface area contributed by atoms with Crippen LogP contribution in [0.3, 0.4) is 0 Å². The van der Waals surface area contributed by atoms with Gasteiger partial charge in [0.05, 0.1) is 10.6 Å². The summed E-state index contributed by atoms with van der Waals surface area (Å²) in [5.41, 5.74) is 0.380. The molecule has 4 rings (SSSR count). The Balaban J connectivity index is 1.99. The second-order valence-electron chi connectivity index (χ2n) is 5.07. The molecule has 3 heterocycles. The zero-order valence-corrected chi connectivity index (χ0v) is 12.3. The lowest BCUT2D eigenvalue weighted by molar-refractivity contribution is -0.384. The van der Waals surface area contributed by atoms with Crippen molar-refractivity contribution >= 4 is 22.5 Å². The largest absolute Gasteiger partial charge is 0.285 e. The summed E-state index contributed by atoms with van der Waals surface area (Å²) in [4.78, 5) is 27.2. The second-order valence-corrected chi connectivity index (χ2v) is 5.07. The summed E-state index contributed by atoms with van der Waals surface area (Å²) in [5.74, 6) is 0.812. The van der Waals surface area contributed by atoms with Crippen LogP contribution in [0.2, 0.25) is 0 Å². The monoisotopic (exact) mass is 323 g/mol. The van der Waals surface area contributed by atoms with E-state index in [0.717, 1.165) is 0 Å². The van der Waals surface area contributed by atoms with E-state index in [-0.39, 0.29) is 11.2 Å². The smallest absolute Gasteiger partial charge is 0.282 e. The first-order valence-corrected chi connectivity index (χ1v) is 6.91. The number of aromatic nitrogens is 6. The highest BCUT2D eigenvalue weighted by Crippen LogP contribution is 2.16. The van der Waals surface area contributed by atoms with Gasteiger partial charge in [-0.2, -0.15) is 9.50 Å². The van der Waals surface area contributed by atoms with Gasteiger partial charge in [0, 0.05) is 18.3 Å². The summed E-state index contributed by atoms with van der Waals surface area (Å²) in [7, 11) is 0. The third-order valence-corrected chi connectivity index (χ3v) is 3.53. The fraction of sp³-hybridized carbons (Fsp3) is 0.0714. The molecule has 10 heteroatoms. The van der Waals surface area contributed by atoms with Gasteiger partial charge in [-0.1, -0.05) is 6.07 Å². The first-order chi connectivity index (χ1) is 11.5. The molecule has 24 heavy (non-hydrogen) atoms. The number of hydrogen-bond acceptors (Lipinski definition) is 7. The van der Waals surface area contributed by atoms with Crippen LogP contribution >= 0.6 is 0 Å². The van der Waals surface area contributed by atoms with Gasteiger partial charge in [0.2, 0.25) is 0 Å². The normalized spacial score (nSPS) is 11.2. The summed E-state index contributed by atoms with van der Waals surface area (Å²) in [6.45, 7) is 1.71. The molecule has 0 saturated carbocycles. The molecule has 0 aliphatic heterocycles. The van der Waals surface area contributed by atoms with Gasteiger partial charge in [-0.05, 0) is 19.1 Å². The third-order valence-electron chi connectivity index (χ3n) is 3.53. The number of hydrogen-bond donors (Lipinski definition) is 0. The maximum Gasteiger partial charge on any atom is 0.285 e. The molecule has 0 unspecified atom stereocenters. The van der Waals surface area contributed by atoms with E-state index in [9.17, 15) is 14.9 Å². The highest BCUT2D eigenvalue weighted by atomic mass is 16.6. The Morgan fingerprint density at radius 3 is 2.83 bits per heavy atom.